The molecule has 0 atom stereocenters. The Hall–Kier alpha value is -3.63. The third kappa shape index (κ3) is 5.23. The summed E-state index contributed by atoms with van der Waals surface area (Å²) in [5.41, 5.74) is 9.77. The number of carbonyl (C=O) groups is 1. The van der Waals surface area contributed by atoms with Crippen molar-refractivity contribution in [1.82, 2.24) is 24.8 Å². The van der Waals surface area contributed by atoms with E-state index in [0.29, 0.717) is 47.8 Å². The monoisotopic (exact) mass is 476 g/mol. The predicted octanol–water partition coefficient (Wildman–Crippen LogP) is 2.71. The van der Waals surface area contributed by atoms with Gasteiger partial charge in [0, 0.05) is 31.7 Å². The Morgan fingerprint density at radius 3 is 2.74 bits per heavy atom. The molecule has 35 heavy (non-hydrogen) atoms. The van der Waals surface area contributed by atoms with Gasteiger partial charge in [-0.05, 0) is 56.1 Å². The third-order valence-electron chi connectivity index (χ3n) is 6.75. The van der Waals surface area contributed by atoms with Crippen molar-refractivity contribution >= 4 is 33.9 Å². The van der Waals surface area contributed by atoms with Crippen molar-refractivity contribution in [3.63, 3.8) is 0 Å². The van der Waals surface area contributed by atoms with E-state index in [1.54, 1.807) is 12.1 Å². The normalized spacial score (nSPS) is 16.8. The number of likely N-dealkylation sites (tertiary alicyclic amines) is 1. The summed E-state index contributed by atoms with van der Waals surface area (Å²) in [5, 5.41) is 1.82. The van der Waals surface area contributed by atoms with Crippen molar-refractivity contribution in [1.29, 1.82) is 0 Å². The molecule has 2 aromatic heterocycles. The Morgan fingerprint density at radius 1 is 1.14 bits per heavy atom. The van der Waals surface area contributed by atoms with Gasteiger partial charge in [0.15, 0.2) is 0 Å². The third-order valence-corrected chi connectivity index (χ3v) is 6.75. The smallest absolute Gasteiger partial charge is 0.260 e. The first-order valence-electron chi connectivity index (χ1n) is 12.2. The number of hydrogen-bond donors (Lipinski definition) is 3. The van der Waals surface area contributed by atoms with Gasteiger partial charge in [0.1, 0.15) is 17.7 Å². The quantitative estimate of drug-likeness (QED) is 0.270. The highest BCUT2D eigenvalue weighted by Crippen LogP contribution is 2.30. The first kappa shape index (κ1) is 23.1. The Kier molecular flexibility index (Phi) is 6.82. The zero-order chi connectivity index (χ0) is 24.2. The molecule has 5 rings (SSSR count). The fourth-order valence-electron chi connectivity index (χ4n) is 4.73. The highest BCUT2D eigenvalue weighted by Gasteiger charge is 2.21. The van der Waals surface area contributed by atoms with E-state index in [1.165, 1.54) is 25.6 Å². The van der Waals surface area contributed by atoms with Gasteiger partial charge < -0.3 is 25.4 Å². The molecule has 0 saturated carbocycles. The van der Waals surface area contributed by atoms with E-state index in [4.69, 9.17) is 16.4 Å². The molecule has 0 bridgehead atoms. The molecule has 1 amide bonds. The van der Waals surface area contributed by atoms with Crippen molar-refractivity contribution in [2.75, 3.05) is 43.6 Å². The molecule has 1 aromatic carbocycles. The number of piperidine rings is 1. The van der Waals surface area contributed by atoms with Crippen molar-refractivity contribution in [3.05, 3.63) is 48.4 Å². The fourth-order valence-corrected chi connectivity index (χ4v) is 4.73. The maximum absolute atomic E-state index is 12.7. The molecular weight excluding hydrogens is 444 g/mol. The van der Waals surface area contributed by atoms with Gasteiger partial charge in [-0.3, -0.25) is 4.79 Å². The van der Waals surface area contributed by atoms with Crippen LogP contribution in [0.2, 0.25) is 0 Å². The summed E-state index contributed by atoms with van der Waals surface area (Å²) in [6.45, 7) is 4.42. The molecular formula is C25H32N8O2. The second-order valence-electron chi connectivity index (χ2n) is 9.07. The number of aromatic amines is 1. The minimum atomic E-state index is 0.229. The predicted molar refractivity (Wildman–Crippen MR) is 136 cm³/mol. The number of aromatic nitrogens is 3. The number of carbonyl (C=O) groups excluding carboxylic acids is 1. The first-order chi connectivity index (χ1) is 17.1. The SMILES string of the molecule is Nc1ccccc1N(N)Oc1ncnc2[nH]c(C3=CCN(C(=O)CCN4CCCCC4)CC3)cc12. The lowest BCUT2D eigenvalue weighted by atomic mass is 10.0. The number of anilines is 2. The van der Waals surface area contributed by atoms with E-state index in [2.05, 4.69) is 25.9 Å². The topological polar surface area (TPSA) is 130 Å². The molecule has 184 valence electrons. The summed E-state index contributed by atoms with van der Waals surface area (Å²) in [4.78, 5) is 34.8. The van der Waals surface area contributed by atoms with Crippen LogP contribution in [-0.2, 0) is 4.79 Å². The van der Waals surface area contributed by atoms with Gasteiger partial charge in [0.05, 0.1) is 11.1 Å². The van der Waals surface area contributed by atoms with Crippen molar-refractivity contribution in [3.8, 4) is 5.88 Å². The number of amides is 1. The van der Waals surface area contributed by atoms with Gasteiger partial charge in [0.25, 0.3) is 5.88 Å². The van der Waals surface area contributed by atoms with Crippen molar-refractivity contribution in [2.45, 2.75) is 32.1 Å². The van der Waals surface area contributed by atoms with Crippen LogP contribution in [0.3, 0.4) is 0 Å². The van der Waals surface area contributed by atoms with Gasteiger partial charge in [-0.15, -0.1) is 5.17 Å². The summed E-state index contributed by atoms with van der Waals surface area (Å²) in [7, 11) is 0. The number of fused-ring (bicyclic) bond motifs is 1. The summed E-state index contributed by atoms with van der Waals surface area (Å²) in [6.07, 6.45) is 8.70. The lowest BCUT2D eigenvalue weighted by Gasteiger charge is -2.29. The van der Waals surface area contributed by atoms with Crippen molar-refractivity contribution < 1.29 is 9.63 Å². The number of benzene rings is 1. The maximum Gasteiger partial charge on any atom is 0.260 e. The molecule has 2 aliphatic heterocycles. The van der Waals surface area contributed by atoms with Crippen LogP contribution in [0.1, 0.15) is 37.8 Å². The number of hydrogen-bond acceptors (Lipinski definition) is 8. The Bertz CT molecular complexity index is 1220. The van der Waals surface area contributed by atoms with Gasteiger partial charge in [-0.2, -0.15) is 4.98 Å². The molecule has 3 aromatic rings. The van der Waals surface area contributed by atoms with Crippen LogP contribution < -0.4 is 21.6 Å². The molecule has 0 radical (unpaired) electrons. The van der Waals surface area contributed by atoms with E-state index in [9.17, 15) is 4.79 Å². The molecule has 0 aliphatic carbocycles. The second-order valence-corrected chi connectivity index (χ2v) is 9.07. The van der Waals surface area contributed by atoms with Crippen LogP contribution in [0.5, 0.6) is 5.88 Å². The average molecular weight is 477 g/mol. The maximum atomic E-state index is 12.7. The summed E-state index contributed by atoms with van der Waals surface area (Å²) in [6, 6.07) is 9.14. The van der Waals surface area contributed by atoms with Crippen LogP contribution >= 0.6 is 0 Å². The molecule has 1 saturated heterocycles. The highest BCUT2D eigenvalue weighted by molar-refractivity contribution is 5.86. The van der Waals surface area contributed by atoms with Gasteiger partial charge in [-0.1, -0.05) is 24.6 Å². The molecule has 0 unspecified atom stereocenters. The average Bonchev–Trinajstić information content (AvgIpc) is 3.34. The number of nitrogen functional groups attached to an aromatic ring is 1. The number of nitrogens with one attached hydrogen (secondary N) is 1. The van der Waals surface area contributed by atoms with Gasteiger partial charge in [0.2, 0.25) is 5.91 Å². The summed E-state index contributed by atoms with van der Waals surface area (Å²) < 4.78 is 0. The number of para-hydroxylation sites is 2. The van der Waals surface area contributed by atoms with E-state index in [1.807, 2.05) is 23.1 Å². The highest BCUT2D eigenvalue weighted by atomic mass is 16.7. The molecule has 10 heteroatoms. The first-order valence-corrected chi connectivity index (χ1v) is 12.2. The molecule has 1 fully saturated rings. The minimum absolute atomic E-state index is 0.229. The molecule has 0 spiro atoms. The lowest BCUT2D eigenvalue weighted by Crippen LogP contribution is -2.38. The number of nitrogens with two attached hydrogens (primary N) is 2. The van der Waals surface area contributed by atoms with Crippen LogP contribution in [-0.4, -0.2) is 63.4 Å². The largest absolute Gasteiger partial charge is 0.397 e. The number of hydrazine groups is 1. The van der Waals surface area contributed by atoms with Crippen molar-refractivity contribution in [2.24, 2.45) is 5.84 Å². The number of nitrogens with zero attached hydrogens (tertiary/aromatic N) is 5. The Balaban J connectivity index is 1.24. The minimum Gasteiger partial charge on any atom is -0.397 e. The molecule has 2 aliphatic rings. The second kappa shape index (κ2) is 10.3. The summed E-state index contributed by atoms with van der Waals surface area (Å²) in [5.74, 6) is 6.65. The fraction of sp³-hybridized carbons (Fsp3) is 0.400. The lowest BCUT2D eigenvalue weighted by molar-refractivity contribution is -0.131. The van der Waals surface area contributed by atoms with Crippen LogP contribution in [0, 0.1) is 0 Å². The zero-order valence-electron chi connectivity index (χ0n) is 19.8. The van der Waals surface area contributed by atoms with E-state index in [-0.39, 0.29) is 5.91 Å². The Morgan fingerprint density at radius 2 is 1.97 bits per heavy atom. The molecule has 5 N–H and O–H groups in total. The number of rotatable bonds is 7. The van der Waals surface area contributed by atoms with Crippen LogP contribution in [0.4, 0.5) is 11.4 Å². The van der Waals surface area contributed by atoms with Crippen LogP contribution in [0.15, 0.2) is 42.7 Å². The standard InChI is InChI=1S/C25H32N8O2/c26-20-6-2-3-7-22(20)33(27)35-25-19-16-21(30-24(19)28-17-29-25)18-8-14-32(15-9-18)23(34)10-13-31-11-4-1-5-12-31/h2-3,6-8,16-17H,1,4-5,9-15,26-27H2,(H,28,29,30). The van der Waals surface area contributed by atoms with E-state index < -0.39 is 0 Å². The molecule has 10 nitrogen and oxygen atoms in total. The summed E-state index contributed by atoms with van der Waals surface area (Å²) >= 11 is 0. The van der Waals surface area contributed by atoms with Gasteiger partial charge in [-0.25, -0.2) is 10.8 Å². The molecule has 4 heterocycles. The van der Waals surface area contributed by atoms with Crippen LogP contribution in [0.25, 0.3) is 16.6 Å². The Labute approximate surface area is 204 Å². The number of H-pyrrole nitrogens is 1. The van der Waals surface area contributed by atoms with E-state index in [0.717, 1.165) is 42.5 Å². The van der Waals surface area contributed by atoms with E-state index >= 15 is 0 Å². The zero-order valence-corrected chi connectivity index (χ0v) is 19.8. The van der Waals surface area contributed by atoms with Gasteiger partial charge >= 0.3 is 0 Å².